The Balaban J connectivity index is 1.54. The fourth-order valence-electron chi connectivity index (χ4n) is 3.87. The molecule has 0 radical (unpaired) electrons. The van der Waals surface area contributed by atoms with Gasteiger partial charge in [-0.3, -0.25) is 10.4 Å². The van der Waals surface area contributed by atoms with Gasteiger partial charge in [0.1, 0.15) is 5.49 Å². The van der Waals surface area contributed by atoms with Crippen molar-refractivity contribution in [3.63, 3.8) is 0 Å². The Morgan fingerprint density at radius 1 is 1.12 bits per heavy atom. The van der Waals surface area contributed by atoms with Crippen molar-refractivity contribution in [3.05, 3.63) is 79.7 Å². The molecule has 0 amide bonds. The lowest BCUT2D eigenvalue weighted by molar-refractivity contribution is 0.681. The monoisotopic (exact) mass is 467 g/mol. The van der Waals surface area contributed by atoms with Crippen molar-refractivity contribution < 1.29 is 0 Å². The third kappa shape index (κ3) is 3.77. The van der Waals surface area contributed by atoms with Crippen molar-refractivity contribution in [1.82, 2.24) is 24.8 Å². The van der Waals surface area contributed by atoms with Gasteiger partial charge >= 0.3 is 5.69 Å². The first-order valence-corrected chi connectivity index (χ1v) is 10.9. The van der Waals surface area contributed by atoms with E-state index in [1.165, 1.54) is 17.3 Å². The van der Waals surface area contributed by atoms with E-state index in [2.05, 4.69) is 37.7 Å². The van der Waals surface area contributed by atoms with Crippen molar-refractivity contribution in [2.24, 2.45) is 0 Å². The second-order valence-corrected chi connectivity index (χ2v) is 8.34. The molecule has 4 N–H and O–H groups in total. The van der Waals surface area contributed by atoms with Crippen molar-refractivity contribution >= 4 is 45.9 Å². The number of nitrogens with zero attached hydrogens (tertiary/aromatic N) is 3. The van der Waals surface area contributed by atoms with Gasteiger partial charge in [0.15, 0.2) is 5.65 Å². The van der Waals surface area contributed by atoms with Crippen molar-refractivity contribution in [2.45, 2.75) is 19.4 Å². The van der Waals surface area contributed by atoms with Crippen LogP contribution in [0.4, 0.5) is 11.6 Å². The minimum Gasteiger partial charge on any atom is -0.324 e. The lowest BCUT2D eigenvalue weighted by Gasteiger charge is -2.12. The fourth-order valence-corrected chi connectivity index (χ4v) is 4.44. The molecule has 162 valence electrons. The zero-order valence-corrected chi connectivity index (χ0v) is 18.4. The second kappa shape index (κ2) is 8.38. The number of anilines is 2. The third-order valence-electron chi connectivity index (χ3n) is 5.43. The first-order chi connectivity index (χ1) is 15.5. The summed E-state index contributed by atoms with van der Waals surface area (Å²) in [4.78, 5) is 24.3. The number of aryl methyl sites for hydroxylation is 1. The van der Waals surface area contributed by atoms with Crippen LogP contribution < -0.4 is 21.8 Å². The SMILES string of the molecule is N=c1c2cnc(Nc3ccc4c(c3)CCCNC4)nc2[nH]c(=O)n1-c1c(Cl)cccc1Cl. The molecule has 8 nitrogen and oxygen atoms in total. The van der Waals surface area contributed by atoms with E-state index in [0.29, 0.717) is 11.3 Å². The minimum absolute atomic E-state index is 0.108. The van der Waals surface area contributed by atoms with Crippen LogP contribution in [-0.2, 0) is 13.0 Å². The normalized spacial score (nSPS) is 13.6. The molecule has 0 fully saturated rings. The molecule has 0 saturated heterocycles. The van der Waals surface area contributed by atoms with Gasteiger partial charge < -0.3 is 10.6 Å². The number of hydrogen-bond donors (Lipinski definition) is 4. The summed E-state index contributed by atoms with van der Waals surface area (Å²) < 4.78 is 1.12. The number of aromatic amines is 1. The lowest BCUT2D eigenvalue weighted by atomic mass is 10.0. The van der Waals surface area contributed by atoms with E-state index in [1.807, 2.05) is 6.07 Å². The molecule has 0 bridgehead atoms. The van der Waals surface area contributed by atoms with E-state index in [-0.39, 0.29) is 26.9 Å². The molecule has 0 atom stereocenters. The Kier molecular flexibility index (Phi) is 5.42. The van der Waals surface area contributed by atoms with Crippen LogP contribution >= 0.6 is 23.2 Å². The summed E-state index contributed by atoms with van der Waals surface area (Å²) in [7, 11) is 0. The molecule has 0 spiro atoms. The van der Waals surface area contributed by atoms with E-state index in [1.54, 1.807) is 18.2 Å². The summed E-state index contributed by atoms with van der Waals surface area (Å²) in [6, 6.07) is 11.1. The van der Waals surface area contributed by atoms with Gasteiger partial charge in [-0.25, -0.2) is 14.3 Å². The molecule has 0 aliphatic carbocycles. The topological polar surface area (TPSA) is 111 Å². The highest BCUT2D eigenvalue weighted by atomic mass is 35.5. The van der Waals surface area contributed by atoms with Gasteiger partial charge in [-0.2, -0.15) is 4.98 Å². The maximum absolute atomic E-state index is 12.8. The van der Waals surface area contributed by atoms with Gasteiger partial charge in [-0.15, -0.1) is 0 Å². The van der Waals surface area contributed by atoms with E-state index in [0.717, 1.165) is 36.2 Å². The van der Waals surface area contributed by atoms with Crippen LogP contribution in [0, 0.1) is 5.41 Å². The number of H-pyrrole nitrogens is 1. The van der Waals surface area contributed by atoms with E-state index in [4.69, 9.17) is 28.6 Å². The molecule has 5 rings (SSSR count). The second-order valence-electron chi connectivity index (χ2n) is 7.53. The fraction of sp³-hybridized carbons (Fsp3) is 0.182. The molecule has 1 aliphatic rings. The molecule has 32 heavy (non-hydrogen) atoms. The Hall–Kier alpha value is -3.20. The summed E-state index contributed by atoms with van der Waals surface area (Å²) >= 11 is 12.5. The lowest BCUT2D eigenvalue weighted by Crippen LogP contribution is -2.34. The van der Waals surface area contributed by atoms with Crippen LogP contribution in [0.1, 0.15) is 17.5 Å². The minimum atomic E-state index is -0.570. The van der Waals surface area contributed by atoms with Gasteiger partial charge in [-0.1, -0.05) is 35.3 Å². The maximum Gasteiger partial charge on any atom is 0.333 e. The van der Waals surface area contributed by atoms with Crippen molar-refractivity contribution in [2.75, 3.05) is 11.9 Å². The molecule has 10 heteroatoms. The van der Waals surface area contributed by atoms with Crippen LogP contribution in [0.25, 0.3) is 16.7 Å². The largest absolute Gasteiger partial charge is 0.333 e. The summed E-state index contributed by atoms with van der Waals surface area (Å²) in [6.45, 7) is 1.87. The first kappa shape index (κ1) is 20.7. The average molecular weight is 468 g/mol. The number of para-hydroxylation sites is 1. The zero-order chi connectivity index (χ0) is 22.2. The Morgan fingerprint density at radius 3 is 2.75 bits per heavy atom. The molecule has 3 heterocycles. The van der Waals surface area contributed by atoms with Gasteiger partial charge in [0, 0.05) is 18.4 Å². The highest BCUT2D eigenvalue weighted by Gasteiger charge is 2.15. The predicted octanol–water partition coefficient (Wildman–Crippen LogP) is 3.67. The quantitative estimate of drug-likeness (QED) is 0.367. The number of halogens is 2. The molecule has 0 unspecified atom stereocenters. The molecular formula is C22H19Cl2N7O. The molecule has 2 aromatic heterocycles. The molecule has 1 aliphatic heterocycles. The zero-order valence-electron chi connectivity index (χ0n) is 16.9. The van der Waals surface area contributed by atoms with Gasteiger partial charge in [0.05, 0.1) is 21.1 Å². The highest BCUT2D eigenvalue weighted by molar-refractivity contribution is 6.37. The molecular weight excluding hydrogens is 449 g/mol. The van der Waals surface area contributed by atoms with Gasteiger partial charge in [0.25, 0.3) is 0 Å². The van der Waals surface area contributed by atoms with Crippen LogP contribution in [0.5, 0.6) is 0 Å². The van der Waals surface area contributed by atoms with E-state index in [9.17, 15) is 4.79 Å². The summed E-state index contributed by atoms with van der Waals surface area (Å²) in [5, 5.41) is 16.0. The van der Waals surface area contributed by atoms with E-state index >= 15 is 0 Å². The smallest absolute Gasteiger partial charge is 0.324 e. The van der Waals surface area contributed by atoms with Crippen molar-refractivity contribution in [1.29, 1.82) is 5.41 Å². The summed E-state index contributed by atoms with van der Waals surface area (Å²) in [5.41, 5.74) is 3.26. The number of benzene rings is 2. The summed E-state index contributed by atoms with van der Waals surface area (Å²) in [5.74, 6) is 0.327. The number of fused-ring (bicyclic) bond motifs is 2. The van der Waals surface area contributed by atoms with Crippen LogP contribution in [0.3, 0.4) is 0 Å². The van der Waals surface area contributed by atoms with Crippen LogP contribution in [-0.4, -0.2) is 26.1 Å². The number of aromatic nitrogens is 4. The van der Waals surface area contributed by atoms with Gasteiger partial charge in [0.2, 0.25) is 5.95 Å². The molecule has 4 aromatic rings. The number of nitrogens with one attached hydrogen (secondary N) is 4. The van der Waals surface area contributed by atoms with Crippen molar-refractivity contribution in [3.8, 4) is 5.69 Å². The molecule has 2 aromatic carbocycles. The first-order valence-electron chi connectivity index (χ1n) is 10.1. The standard InChI is InChI=1S/C22H19Cl2N7O/c23-16-4-1-5-17(24)18(16)31-19(25)15-11-27-21(29-20(15)30-22(31)32)28-14-7-6-13-10-26-8-2-3-12(13)9-14/h1,4-7,9,11,25-26H,2-3,8,10H2,(H2,27,28,29,30,32). The Labute approximate surface area is 192 Å². The summed E-state index contributed by atoms with van der Waals surface area (Å²) in [6.07, 6.45) is 3.60. The Morgan fingerprint density at radius 2 is 1.94 bits per heavy atom. The molecule has 0 saturated carbocycles. The van der Waals surface area contributed by atoms with Gasteiger partial charge in [-0.05, 0) is 54.8 Å². The number of rotatable bonds is 3. The highest BCUT2D eigenvalue weighted by Crippen LogP contribution is 2.26. The number of hydrogen-bond acceptors (Lipinski definition) is 6. The third-order valence-corrected chi connectivity index (χ3v) is 6.04. The average Bonchev–Trinajstić information content (AvgIpc) is 3.00. The predicted molar refractivity (Wildman–Crippen MR) is 125 cm³/mol. The Bertz CT molecular complexity index is 1440. The van der Waals surface area contributed by atoms with Crippen LogP contribution in [0.2, 0.25) is 10.0 Å². The van der Waals surface area contributed by atoms with E-state index < -0.39 is 5.69 Å². The maximum atomic E-state index is 12.8. The van der Waals surface area contributed by atoms with Crippen LogP contribution in [0.15, 0.2) is 47.4 Å².